The molecule has 7 nitrogen and oxygen atoms in total. The SMILES string of the molecule is Cc1cccc(C2=CCN(C(=O)Cn3cc(C(=O)O)nn3)CC2)c1. The minimum atomic E-state index is -1.16. The topological polar surface area (TPSA) is 88.3 Å². The van der Waals surface area contributed by atoms with Crippen molar-refractivity contribution in [3.8, 4) is 0 Å². The number of aromatic nitrogens is 3. The molecule has 0 fully saturated rings. The first-order valence-corrected chi connectivity index (χ1v) is 7.70. The van der Waals surface area contributed by atoms with Crippen LogP contribution in [0.2, 0.25) is 0 Å². The summed E-state index contributed by atoms with van der Waals surface area (Å²) in [6.45, 7) is 3.24. The number of carbonyl (C=O) groups excluding carboxylic acids is 1. The fraction of sp³-hybridized carbons (Fsp3) is 0.294. The van der Waals surface area contributed by atoms with Crippen LogP contribution < -0.4 is 0 Å². The molecule has 0 unspecified atom stereocenters. The standard InChI is InChI=1S/C17H18N4O3/c1-12-3-2-4-14(9-12)13-5-7-20(8-6-13)16(22)11-21-10-15(17(23)24)18-19-21/h2-5,9-10H,6-8,11H2,1H3,(H,23,24). The molecule has 0 radical (unpaired) electrons. The van der Waals surface area contributed by atoms with Crippen LogP contribution >= 0.6 is 0 Å². The third-order valence-electron chi connectivity index (χ3n) is 4.01. The van der Waals surface area contributed by atoms with Gasteiger partial charge in [0, 0.05) is 13.1 Å². The molecule has 2 aromatic rings. The first kappa shape index (κ1) is 15.9. The van der Waals surface area contributed by atoms with Crippen LogP contribution in [0.3, 0.4) is 0 Å². The van der Waals surface area contributed by atoms with Gasteiger partial charge in [-0.1, -0.05) is 41.1 Å². The number of nitrogens with zero attached hydrogens (tertiary/aromatic N) is 4. The zero-order valence-electron chi connectivity index (χ0n) is 13.3. The first-order chi connectivity index (χ1) is 11.5. The second-order valence-corrected chi connectivity index (χ2v) is 5.80. The largest absolute Gasteiger partial charge is 0.476 e. The Labute approximate surface area is 139 Å². The molecule has 0 atom stereocenters. The minimum absolute atomic E-state index is 0.00605. The summed E-state index contributed by atoms with van der Waals surface area (Å²) in [6.07, 6.45) is 4.13. The normalized spacial score (nSPS) is 14.4. The Morgan fingerprint density at radius 3 is 2.79 bits per heavy atom. The smallest absolute Gasteiger partial charge is 0.358 e. The van der Waals surface area contributed by atoms with Crippen molar-refractivity contribution >= 4 is 17.4 Å². The molecule has 0 saturated carbocycles. The number of benzene rings is 1. The van der Waals surface area contributed by atoms with Crippen LogP contribution in [0.5, 0.6) is 0 Å². The summed E-state index contributed by atoms with van der Waals surface area (Å²) in [5, 5.41) is 16.0. The van der Waals surface area contributed by atoms with E-state index in [0.717, 1.165) is 6.42 Å². The van der Waals surface area contributed by atoms with Gasteiger partial charge in [0.15, 0.2) is 5.69 Å². The molecule has 1 aliphatic heterocycles. The summed E-state index contributed by atoms with van der Waals surface area (Å²) in [7, 11) is 0. The molecule has 124 valence electrons. The molecule has 0 spiro atoms. The van der Waals surface area contributed by atoms with Gasteiger partial charge in [0.05, 0.1) is 6.20 Å². The monoisotopic (exact) mass is 326 g/mol. The average Bonchev–Trinajstić information content (AvgIpc) is 3.04. The molecule has 1 aliphatic rings. The zero-order chi connectivity index (χ0) is 17.1. The molecule has 0 aliphatic carbocycles. The van der Waals surface area contributed by atoms with Gasteiger partial charge < -0.3 is 10.0 Å². The van der Waals surface area contributed by atoms with Crippen LogP contribution in [-0.4, -0.2) is 50.0 Å². The van der Waals surface area contributed by atoms with E-state index in [2.05, 4.69) is 41.5 Å². The highest BCUT2D eigenvalue weighted by Gasteiger charge is 2.19. The van der Waals surface area contributed by atoms with Crippen molar-refractivity contribution in [1.82, 2.24) is 19.9 Å². The van der Waals surface area contributed by atoms with Crippen molar-refractivity contribution in [3.63, 3.8) is 0 Å². The number of aromatic carboxylic acids is 1. The van der Waals surface area contributed by atoms with Crippen molar-refractivity contribution < 1.29 is 14.7 Å². The summed E-state index contributed by atoms with van der Waals surface area (Å²) in [6, 6.07) is 8.32. The quantitative estimate of drug-likeness (QED) is 0.922. The number of rotatable bonds is 4. The Kier molecular flexibility index (Phi) is 4.41. The van der Waals surface area contributed by atoms with Crippen molar-refractivity contribution in [2.75, 3.05) is 13.1 Å². The Bertz CT molecular complexity index is 810. The van der Waals surface area contributed by atoms with Crippen LogP contribution in [0.15, 0.2) is 36.5 Å². The Morgan fingerprint density at radius 1 is 1.33 bits per heavy atom. The summed E-state index contributed by atoms with van der Waals surface area (Å²) in [5.41, 5.74) is 3.50. The number of amides is 1. The predicted molar refractivity (Wildman–Crippen MR) is 87.3 cm³/mol. The van der Waals surface area contributed by atoms with E-state index in [1.54, 1.807) is 4.90 Å². The van der Waals surface area contributed by atoms with Gasteiger partial charge in [-0.25, -0.2) is 9.48 Å². The highest BCUT2D eigenvalue weighted by atomic mass is 16.4. The summed E-state index contributed by atoms with van der Waals surface area (Å²) >= 11 is 0. The van der Waals surface area contributed by atoms with E-state index in [-0.39, 0.29) is 18.1 Å². The van der Waals surface area contributed by atoms with Gasteiger partial charge in [0.2, 0.25) is 5.91 Å². The minimum Gasteiger partial charge on any atom is -0.476 e. The lowest BCUT2D eigenvalue weighted by molar-refractivity contribution is -0.131. The maximum atomic E-state index is 12.3. The van der Waals surface area contributed by atoms with Gasteiger partial charge in [0.1, 0.15) is 6.54 Å². The Balaban J connectivity index is 1.63. The third-order valence-corrected chi connectivity index (χ3v) is 4.01. The second-order valence-electron chi connectivity index (χ2n) is 5.80. The summed E-state index contributed by atoms with van der Waals surface area (Å²) in [5.74, 6) is -1.26. The van der Waals surface area contributed by atoms with Crippen LogP contribution in [-0.2, 0) is 11.3 Å². The molecule has 0 bridgehead atoms. The number of carboxylic acid groups (broad SMARTS) is 1. The van der Waals surface area contributed by atoms with Crippen LogP contribution in [0.4, 0.5) is 0 Å². The number of hydrogen-bond donors (Lipinski definition) is 1. The fourth-order valence-corrected chi connectivity index (χ4v) is 2.71. The van der Waals surface area contributed by atoms with Crippen LogP contribution in [0, 0.1) is 6.92 Å². The highest BCUT2D eigenvalue weighted by molar-refractivity contribution is 5.85. The molecule has 0 saturated heterocycles. The number of aryl methyl sites for hydroxylation is 1. The molecule has 1 N–H and O–H groups in total. The molecule has 2 heterocycles. The van der Waals surface area contributed by atoms with Crippen LogP contribution in [0.1, 0.15) is 28.0 Å². The van der Waals surface area contributed by atoms with Gasteiger partial charge in [-0.05, 0) is 24.5 Å². The molecule has 1 aromatic carbocycles. The van der Waals surface area contributed by atoms with Gasteiger partial charge in [-0.2, -0.15) is 0 Å². The predicted octanol–water partition coefficient (Wildman–Crippen LogP) is 1.60. The summed E-state index contributed by atoms with van der Waals surface area (Å²) < 4.78 is 1.26. The van der Waals surface area contributed by atoms with E-state index < -0.39 is 5.97 Å². The van der Waals surface area contributed by atoms with E-state index in [4.69, 9.17) is 5.11 Å². The number of carboxylic acids is 1. The van der Waals surface area contributed by atoms with Crippen LogP contribution in [0.25, 0.3) is 5.57 Å². The van der Waals surface area contributed by atoms with Gasteiger partial charge in [0.25, 0.3) is 0 Å². The lowest BCUT2D eigenvalue weighted by Gasteiger charge is -2.26. The average molecular weight is 326 g/mol. The van der Waals surface area contributed by atoms with E-state index in [9.17, 15) is 9.59 Å². The van der Waals surface area contributed by atoms with Gasteiger partial charge in [-0.15, -0.1) is 5.10 Å². The van der Waals surface area contributed by atoms with E-state index in [0.29, 0.717) is 13.1 Å². The van der Waals surface area contributed by atoms with Crippen molar-refractivity contribution in [1.29, 1.82) is 0 Å². The van der Waals surface area contributed by atoms with Crippen molar-refractivity contribution in [2.45, 2.75) is 19.9 Å². The Hall–Kier alpha value is -2.96. The maximum Gasteiger partial charge on any atom is 0.358 e. The van der Waals surface area contributed by atoms with Crippen molar-refractivity contribution in [2.24, 2.45) is 0 Å². The highest BCUT2D eigenvalue weighted by Crippen LogP contribution is 2.23. The van der Waals surface area contributed by atoms with Crippen molar-refractivity contribution in [3.05, 3.63) is 53.4 Å². The molecule has 24 heavy (non-hydrogen) atoms. The molecule has 1 amide bonds. The third kappa shape index (κ3) is 3.51. The van der Waals surface area contributed by atoms with Gasteiger partial charge >= 0.3 is 5.97 Å². The lowest BCUT2D eigenvalue weighted by atomic mass is 9.98. The maximum absolute atomic E-state index is 12.3. The van der Waals surface area contributed by atoms with E-state index >= 15 is 0 Å². The Morgan fingerprint density at radius 2 is 2.17 bits per heavy atom. The lowest BCUT2D eigenvalue weighted by Crippen LogP contribution is -2.37. The molecule has 7 heteroatoms. The number of hydrogen-bond acceptors (Lipinski definition) is 4. The molecular weight excluding hydrogens is 308 g/mol. The first-order valence-electron chi connectivity index (χ1n) is 7.70. The number of carbonyl (C=O) groups is 2. The molecular formula is C17H18N4O3. The zero-order valence-corrected chi connectivity index (χ0v) is 13.3. The second kappa shape index (κ2) is 6.66. The summed E-state index contributed by atoms with van der Waals surface area (Å²) in [4.78, 5) is 24.8. The molecule has 3 rings (SSSR count). The fourth-order valence-electron chi connectivity index (χ4n) is 2.71. The van der Waals surface area contributed by atoms with E-state index in [1.807, 2.05) is 6.07 Å². The molecule has 1 aromatic heterocycles. The van der Waals surface area contributed by atoms with Gasteiger partial charge in [-0.3, -0.25) is 4.79 Å². The van der Waals surface area contributed by atoms with E-state index in [1.165, 1.54) is 27.6 Å².